The number of halogens is 1. The second-order valence-corrected chi connectivity index (χ2v) is 4.98. The molecule has 5 heteroatoms. The van der Waals surface area contributed by atoms with E-state index in [0.717, 1.165) is 28.8 Å². The van der Waals surface area contributed by atoms with Crippen LogP contribution in [0.4, 0.5) is 0 Å². The molecule has 98 valence electrons. The summed E-state index contributed by atoms with van der Waals surface area (Å²) < 4.78 is 8.59. The maximum atomic E-state index is 6.15. The SMILES string of the molecule is CCOC(C)C(N)Cc1c(Br)c(C)nn1CC. The average Bonchev–Trinajstić information content (AvgIpc) is 2.57. The largest absolute Gasteiger partial charge is 0.377 e. The molecule has 1 aromatic heterocycles. The summed E-state index contributed by atoms with van der Waals surface area (Å²) in [5.41, 5.74) is 8.32. The van der Waals surface area contributed by atoms with Gasteiger partial charge in [0.05, 0.1) is 22.0 Å². The first-order chi connectivity index (χ1) is 8.01. The van der Waals surface area contributed by atoms with Crippen LogP contribution in [0.2, 0.25) is 0 Å². The van der Waals surface area contributed by atoms with Gasteiger partial charge in [0.15, 0.2) is 0 Å². The van der Waals surface area contributed by atoms with E-state index in [4.69, 9.17) is 10.5 Å². The van der Waals surface area contributed by atoms with Crippen molar-refractivity contribution < 1.29 is 4.74 Å². The van der Waals surface area contributed by atoms with Gasteiger partial charge in [0.2, 0.25) is 0 Å². The molecule has 0 aliphatic rings. The smallest absolute Gasteiger partial charge is 0.0738 e. The lowest BCUT2D eigenvalue weighted by atomic mass is 10.1. The Balaban J connectivity index is 2.80. The molecule has 2 unspecified atom stereocenters. The van der Waals surface area contributed by atoms with Crippen LogP contribution in [0.5, 0.6) is 0 Å². The van der Waals surface area contributed by atoms with Gasteiger partial charge < -0.3 is 10.5 Å². The Kier molecular flexibility index (Phi) is 5.62. The van der Waals surface area contributed by atoms with Crippen molar-refractivity contribution in [2.24, 2.45) is 5.73 Å². The fourth-order valence-corrected chi connectivity index (χ4v) is 2.29. The van der Waals surface area contributed by atoms with Crippen LogP contribution in [0.3, 0.4) is 0 Å². The van der Waals surface area contributed by atoms with Crippen LogP contribution < -0.4 is 5.73 Å². The minimum absolute atomic E-state index is 0.00681. The fourth-order valence-electron chi connectivity index (χ4n) is 1.84. The summed E-state index contributed by atoms with van der Waals surface area (Å²) in [6.45, 7) is 9.64. The quantitative estimate of drug-likeness (QED) is 0.877. The Morgan fingerprint density at radius 3 is 2.65 bits per heavy atom. The van der Waals surface area contributed by atoms with Crippen LogP contribution >= 0.6 is 15.9 Å². The van der Waals surface area contributed by atoms with Crippen molar-refractivity contribution in [3.63, 3.8) is 0 Å². The highest BCUT2D eigenvalue weighted by molar-refractivity contribution is 9.10. The number of ether oxygens (including phenoxy) is 1. The maximum Gasteiger partial charge on any atom is 0.0738 e. The zero-order chi connectivity index (χ0) is 13.0. The Morgan fingerprint density at radius 2 is 2.12 bits per heavy atom. The molecule has 0 aliphatic carbocycles. The molecule has 0 fully saturated rings. The van der Waals surface area contributed by atoms with Crippen LogP contribution in [-0.4, -0.2) is 28.5 Å². The van der Waals surface area contributed by atoms with Gasteiger partial charge in [0.25, 0.3) is 0 Å². The van der Waals surface area contributed by atoms with Crippen molar-refractivity contribution in [3.8, 4) is 0 Å². The number of hydrogen-bond donors (Lipinski definition) is 1. The van der Waals surface area contributed by atoms with E-state index >= 15 is 0 Å². The van der Waals surface area contributed by atoms with Crippen molar-refractivity contribution in [1.82, 2.24) is 9.78 Å². The van der Waals surface area contributed by atoms with Crippen molar-refractivity contribution in [2.45, 2.75) is 52.8 Å². The summed E-state index contributed by atoms with van der Waals surface area (Å²) in [7, 11) is 0. The number of nitrogens with two attached hydrogens (primary N) is 1. The van der Waals surface area contributed by atoms with Crippen molar-refractivity contribution >= 4 is 15.9 Å². The summed E-state index contributed by atoms with van der Waals surface area (Å²) in [6.07, 6.45) is 0.837. The van der Waals surface area contributed by atoms with Gasteiger partial charge in [-0.25, -0.2) is 0 Å². The van der Waals surface area contributed by atoms with Gasteiger partial charge in [-0.1, -0.05) is 0 Å². The Bertz CT molecular complexity index is 365. The van der Waals surface area contributed by atoms with Crippen LogP contribution in [0.1, 0.15) is 32.2 Å². The lowest BCUT2D eigenvalue weighted by Crippen LogP contribution is -2.37. The third-order valence-electron chi connectivity index (χ3n) is 2.91. The number of rotatable bonds is 6. The molecule has 1 rings (SSSR count). The van der Waals surface area contributed by atoms with Gasteiger partial charge >= 0.3 is 0 Å². The Morgan fingerprint density at radius 1 is 1.47 bits per heavy atom. The molecule has 1 aromatic rings. The summed E-state index contributed by atoms with van der Waals surface area (Å²) in [5.74, 6) is 0. The maximum absolute atomic E-state index is 6.15. The highest BCUT2D eigenvalue weighted by Gasteiger charge is 2.19. The molecule has 0 saturated carbocycles. The molecular weight excluding hydrogens is 282 g/mol. The molecule has 0 aromatic carbocycles. The van der Waals surface area contributed by atoms with Crippen molar-refractivity contribution in [1.29, 1.82) is 0 Å². The highest BCUT2D eigenvalue weighted by Crippen LogP contribution is 2.22. The summed E-state index contributed by atoms with van der Waals surface area (Å²) in [5, 5.41) is 4.46. The molecule has 0 saturated heterocycles. The average molecular weight is 304 g/mol. The monoisotopic (exact) mass is 303 g/mol. The van der Waals surface area contributed by atoms with E-state index in [1.807, 2.05) is 25.5 Å². The van der Waals surface area contributed by atoms with Crippen LogP contribution in [-0.2, 0) is 17.7 Å². The van der Waals surface area contributed by atoms with E-state index in [1.54, 1.807) is 0 Å². The zero-order valence-corrected chi connectivity index (χ0v) is 12.6. The third-order valence-corrected chi connectivity index (χ3v) is 3.95. The number of hydrogen-bond acceptors (Lipinski definition) is 3. The number of aromatic nitrogens is 2. The molecule has 4 nitrogen and oxygen atoms in total. The zero-order valence-electron chi connectivity index (χ0n) is 11.0. The van der Waals surface area contributed by atoms with Gasteiger partial charge in [-0.2, -0.15) is 5.10 Å². The predicted molar refractivity (Wildman–Crippen MR) is 73.1 cm³/mol. The second-order valence-electron chi connectivity index (χ2n) is 4.19. The van der Waals surface area contributed by atoms with Crippen LogP contribution in [0.25, 0.3) is 0 Å². The lowest BCUT2D eigenvalue weighted by Gasteiger charge is -2.20. The molecule has 0 bridgehead atoms. The molecule has 1 heterocycles. The first kappa shape index (κ1) is 14.7. The van der Waals surface area contributed by atoms with Crippen LogP contribution in [0.15, 0.2) is 4.47 Å². The fraction of sp³-hybridized carbons (Fsp3) is 0.750. The van der Waals surface area contributed by atoms with Gasteiger partial charge in [-0.15, -0.1) is 0 Å². The van der Waals surface area contributed by atoms with E-state index in [1.165, 1.54) is 0 Å². The molecule has 0 aliphatic heterocycles. The van der Waals surface area contributed by atoms with Crippen LogP contribution in [0, 0.1) is 6.92 Å². The van der Waals surface area contributed by atoms with E-state index in [9.17, 15) is 0 Å². The predicted octanol–water partition coefficient (Wildman–Crippen LogP) is 2.27. The molecule has 0 spiro atoms. The topological polar surface area (TPSA) is 53.1 Å². The Labute approximate surface area is 112 Å². The minimum Gasteiger partial charge on any atom is -0.377 e. The molecule has 0 radical (unpaired) electrons. The van der Waals surface area contributed by atoms with Gasteiger partial charge in [-0.3, -0.25) is 4.68 Å². The summed E-state index contributed by atoms with van der Waals surface area (Å²) >= 11 is 3.58. The van der Waals surface area contributed by atoms with Crippen molar-refractivity contribution in [3.05, 3.63) is 15.9 Å². The Hall–Kier alpha value is -0.390. The number of nitrogens with zero attached hydrogens (tertiary/aromatic N) is 2. The summed E-state index contributed by atoms with van der Waals surface area (Å²) in [6, 6.07) is -0.00681. The normalized spacial score (nSPS) is 14.9. The standard InChI is InChI=1S/C12H22BrN3O/c1-5-16-11(12(13)8(3)15-16)7-10(14)9(4)17-6-2/h9-10H,5-7,14H2,1-4H3. The van der Waals surface area contributed by atoms with Gasteiger partial charge in [-0.05, 0) is 43.6 Å². The summed E-state index contributed by atoms with van der Waals surface area (Å²) in [4.78, 5) is 0. The first-order valence-corrected chi connectivity index (χ1v) is 6.89. The van der Waals surface area contributed by atoms with E-state index in [-0.39, 0.29) is 12.1 Å². The highest BCUT2D eigenvalue weighted by atomic mass is 79.9. The number of aryl methyl sites for hydroxylation is 2. The van der Waals surface area contributed by atoms with E-state index < -0.39 is 0 Å². The second kappa shape index (κ2) is 6.52. The first-order valence-electron chi connectivity index (χ1n) is 6.10. The van der Waals surface area contributed by atoms with Gasteiger partial charge in [0.1, 0.15) is 0 Å². The molecule has 0 amide bonds. The van der Waals surface area contributed by atoms with E-state index in [0.29, 0.717) is 6.61 Å². The van der Waals surface area contributed by atoms with Crippen molar-refractivity contribution in [2.75, 3.05) is 6.61 Å². The molecule has 2 N–H and O–H groups in total. The third kappa shape index (κ3) is 3.53. The molecular formula is C12H22BrN3O. The molecule has 17 heavy (non-hydrogen) atoms. The molecule has 2 atom stereocenters. The lowest BCUT2D eigenvalue weighted by molar-refractivity contribution is 0.0572. The minimum atomic E-state index is -0.00681. The van der Waals surface area contributed by atoms with E-state index in [2.05, 4.69) is 28.0 Å². The van der Waals surface area contributed by atoms with Gasteiger partial charge in [0, 0.05) is 25.6 Å².